The quantitative estimate of drug-likeness (QED) is 0.568. The molecule has 1 aliphatic rings. The van der Waals surface area contributed by atoms with Gasteiger partial charge >= 0.3 is 5.82 Å². The summed E-state index contributed by atoms with van der Waals surface area (Å²) in [6.45, 7) is 4.31. The van der Waals surface area contributed by atoms with Crippen molar-refractivity contribution in [2.75, 3.05) is 31.2 Å². The fourth-order valence-corrected chi connectivity index (χ4v) is 1.54. The van der Waals surface area contributed by atoms with E-state index in [0.717, 1.165) is 0 Å². The first kappa shape index (κ1) is 9.91. The molecule has 82 valence electrons. The third-order valence-corrected chi connectivity index (χ3v) is 2.34. The highest BCUT2D eigenvalue weighted by Crippen LogP contribution is 2.20. The maximum atomic E-state index is 10.6. The van der Waals surface area contributed by atoms with Crippen molar-refractivity contribution in [2.24, 2.45) is 0 Å². The minimum atomic E-state index is -0.452. The van der Waals surface area contributed by atoms with E-state index in [1.807, 2.05) is 4.90 Å². The van der Waals surface area contributed by atoms with Gasteiger partial charge in [-0.25, -0.2) is 4.98 Å². The number of nitrogens with zero attached hydrogens (tertiary/aromatic N) is 3. The molecule has 7 heteroatoms. The molecule has 0 radical (unpaired) electrons. The van der Waals surface area contributed by atoms with Gasteiger partial charge in [-0.05, 0) is 11.8 Å². The Balaban J connectivity index is 2.21. The summed E-state index contributed by atoms with van der Waals surface area (Å²) in [6.07, 6.45) is 0. The fourth-order valence-electron chi connectivity index (χ4n) is 1.54. The van der Waals surface area contributed by atoms with Gasteiger partial charge in [0.1, 0.15) is 5.69 Å². The first-order valence-electron chi connectivity index (χ1n) is 4.72. The fraction of sp³-hybridized carbons (Fsp3) is 0.625. The van der Waals surface area contributed by atoms with Crippen LogP contribution in [0.25, 0.3) is 0 Å². The number of aromatic amines is 1. The summed E-state index contributed by atoms with van der Waals surface area (Å²) in [5, 5.41) is 10.6. The summed E-state index contributed by atoms with van der Waals surface area (Å²) in [5.74, 6) is 0.527. The Labute approximate surface area is 86.2 Å². The van der Waals surface area contributed by atoms with Crippen molar-refractivity contribution in [1.82, 2.24) is 9.97 Å². The maximum absolute atomic E-state index is 10.6. The number of hydrogen-bond donors (Lipinski definition) is 1. The number of nitrogens with one attached hydrogen (secondary N) is 1. The van der Waals surface area contributed by atoms with Gasteiger partial charge in [0.15, 0.2) is 0 Å². The largest absolute Gasteiger partial charge is 0.378 e. The molecule has 0 aliphatic carbocycles. The van der Waals surface area contributed by atoms with Crippen LogP contribution in [0.3, 0.4) is 0 Å². The second kappa shape index (κ2) is 3.85. The van der Waals surface area contributed by atoms with Crippen molar-refractivity contribution >= 4 is 11.8 Å². The monoisotopic (exact) mass is 212 g/mol. The molecule has 0 atom stereocenters. The van der Waals surface area contributed by atoms with Gasteiger partial charge in [-0.2, -0.15) is 4.98 Å². The van der Waals surface area contributed by atoms with E-state index in [9.17, 15) is 10.1 Å². The molecule has 1 aromatic heterocycles. The van der Waals surface area contributed by atoms with E-state index >= 15 is 0 Å². The van der Waals surface area contributed by atoms with E-state index in [1.165, 1.54) is 0 Å². The van der Waals surface area contributed by atoms with Crippen LogP contribution in [0.4, 0.5) is 11.8 Å². The van der Waals surface area contributed by atoms with Crippen LogP contribution in [0.2, 0.25) is 0 Å². The smallest absolute Gasteiger partial charge is 0.345 e. The second-order valence-corrected chi connectivity index (χ2v) is 3.35. The highest BCUT2D eigenvalue weighted by atomic mass is 16.6. The van der Waals surface area contributed by atoms with E-state index in [4.69, 9.17) is 4.74 Å². The molecule has 1 saturated heterocycles. The normalized spacial score (nSPS) is 16.7. The summed E-state index contributed by atoms with van der Waals surface area (Å²) in [5.41, 5.74) is 0.418. The minimum Gasteiger partial charge on any atom is -0.378 e. The molecular formula is C8H12N4O3. The number of aryl methyl sites for hydroxylation is 1. The molecule has 0 aromatic carbocycles. The zero-order chi connectivity index (χ0) is 10.8. The average Bonchev–Trinajstić information content (AvgIpc) is 2.62. The molecule has 7 nitrogen and oxygen atoms in total. The Bertz CT molecular complexity index is 370. The number of morpholine rings is 1. The molecule has 0 saturated carbocycles. The van der Waals surface area contributed by atoms with Crippen molar-refractivity contribution in [3.05, 3.63) is 15.8 Å². The average molecular weight is 212 g/mol. The zero-order valence-corrected chi connectivity index (χ0v) is 8.39. The van der Waals surface area contributed by atoms with Gasteiger partial charge in [0, 0.05) is 13.1 Å². The van der Waals surface area contributed by atoms with Crippen LogP contribution >= 0.6 is 0 Å². The third kappa shape index (κ3) is 1.91. The number of aromatic nitrogens is 2. The molecule has 15 heavy (non-hydrogen) atoms. The number of imidazole rings is 1. The zero-order valence-electron chi connectivity index (χ0n) is 8.39. The van der Waals surface area contributed by atoms with Gasteiger partial charge < -0.3 is 19.8 Å². The molecule has 1 N–H and O–H groups in total. The van der Waals surface area contributed by atoms with Crippen LogP contribution in [0.1, 0.15) is 5.69 Å². The lowest BCUT2D eigenvalue weighted by Gasteiger charge is -2.24. The van der Waals surface area contributed by atoms with Gasteiger partial charge in [-0.15, -0.1) is 0 Å². The second-order valence-electron chi connectivity index (χ2n) is 3.35. The SMILES string of the molecule is Cc1nc(N2CCOCC2)[nH]c1[N+](=O)[O-]. The predicted octanol–water partition coefficient (Wildman–Crippen LogP) is 0.463. The molecule has 2 heterocycles. The van der Waals surface area contributed by atoms with Crippen molar-refractivity contribution in [3.63, 3.8) is 0 Å². The predicted molar refractivity (Wildman–Crippen MR) is 53.0 cm³/mol. The first-order valence-corrected chi connectivity index (χ1v) is 4.72. The molecule has 1 aliphatic heterocycles. The summed E-state index contributed by atoms with van der Waals surface area (Å²) < 4.78 is 5.19. The van der Waals surface area contributed by atoms with E-state index in [2.05, 4.69) is 9.97 Å². The van der Waals surface area contributed by atoms with Crippen LogP contribution in [0.5, 0.6) is 0 Å². The lowest BCUT2D eigenvalue weighted by molar-refractivity contribution is -0.389. The molecule has 0 unspecified atom stereocenters. The first-order chi connectivity index (χ1) is 7.18. The van der Waals surface area contributed by atoms with Crippen molar-refractivity contribution in [1.29, 1.82) is 0 Å². The molecule has 0 spiro atoms. The topological polar surface area (TPSA) is 84.3 Å². The molecule has 1 aromatic rings. The maximum Gasteiger partial charge on any atom is 0.345 e. The number of H-pyrrole nitrogens is 1. The summed E-state index contributed by atoms with van der Waals surface area (Å²) in [6, 6.07) is 0. The van der Waals surface area contributed by atoms with Crippen LogP contribution in [-0.2, 0) is 4.74 Å². The number of rotatable bonds is 2. The molecule has 0 bridgehead atoms. The Morgan fingerprint density at radius 3 is 2.73 bits per heavy atom. The van der Waals surface area contributed by atoms with Crippen LogP contribution in [-0.4, -0.2) is 41.2 Å². The molecule has 2 rings (SSSR count). The van der Waals surface area contributed by atoms with Gasteiger partial charge in [0.25, 0.3) is 5.95 Å². The number of nitro groups is 1. The van der Waals surface area contributed by atoms with Crippen LogP contribution in [0, 0.1) is 17.0 Å². The third-order valence-electron chi connectivity index (χ3n) is 2.34. The van der Waals surface area contributed by atoms with E-state index in [0.29, 0.717) is 37.9 Å². The summed E-state index contributed by atoms with van der Waals surface area (Å²) in [4.78, 5) is 18.9. The van der Waals surface area contributed by atoms with E-state index in [-0.39, 0.29) is 5.82 Å². The van der Waals surface area contributed by atoms with E-state index in [1.54, 1.807) is 6.92 Å². The lowest BCUT2D eigenvalue weighted by atomic mass is 10.4. The van der Waals surface area contributed by atoms with Gasteiger partial charge in [-0.3, -0.25) is 0 Å². The van der Waals surface area contributed by atoms with Crippen molar-refractivity contribution < 1.29 is 9.66 Å². The Kier molecular flexibility index (Phi) is 2.55. The van der Waals surface area contributed by atoms with Gasteiger partial charge in [0.2, 0.25) is 0 Å². The highest BCUT2D eigenvalue weighted by Gasteiger charge is 2.22. The summed E-state index contributed by atoms with van der Waals surface area (Å²) >= 11 is 0. The van der Waals surface area contributed by atoms with E-state index < -0.39 is 4.92 Å². The highest BCUT2D eigenvalue weighted by molar-refractivity contribution is 5.41. The van der Waals surface area contributed by atoms with Gasteiger partial charge in [-0.1, -0.05) is 0 Å². The molecule has 1 fully saturated rings. The Morgan fingerprint density at radius 1 is 1.53 bits per heavy atom. The summed E-state index contributed by atoms with van der Waals surface area (Å²) in [7, 11) is 0. The number of ether oxygens (including phenoxy) is 1. The Morgan fingerprint density at radius 2 is 2.20 bits per heavy atom. The standard InChI is InChI=1S/C8H12N4O3/c1-6-7(12(13)14)10-8(9-6)11-2-4-15-5-3-11/h2-5H2,1H3,(H,9,10). The lowest BCUT2D eigenvalue weighted by Crippen LogP contribution is -2.36. The van der Waals surface area contributed by atoms with Crippen molar-refractivity contribution in [3.8, 4) is 0 Å². The Hall–Kier alpha value is -1.63. The van der Waals surface area contributed by atoms with Crippen molar-refractivity contribution in [2.45, 2.75) is 6.92 Å². The van der Waals surface area contributed by atoms with Crippen LogP contribution in [0.15, 0.2) is 0 Å². The minimum absolute atomic E-state index is 0.0310. The number of anilines is 1. The van der Waals surface area contributed by atoms with Gasteiger partial charge in [0.05, 0.1) is 13.2 Å². The molecule has 0 amide bonds. The van der Waals surface area contributed by atoms with Crippen LogP contribution < -0.4 is 4.90 Å². The molecular weight excluding hydrogens is 200 g/mol. The number of hydrogen-bond acceptors (Lipinski definition) is 5.